The van der Waals surface area contributed by atoms with Gasteiger partial charge in [-0.3, -0.25) is 9.59 Å². The smallest absolute Gasteiger partial charge is 0.310 e. The first-order chi connectivity index (χ1) is 12.0. The molecule has 5 nitrogen and oxygen atoms in total. The van der Waals surface area contributed by atoms with Gasteiger partial charge in [0.05, 0.1) is 5.92 Å². The Morgan fingerprint density at radius 2 is 1.60 bits per heavy atom. The lowest BCUT2D eigenvalue weighted by Crippen LogP contribution is -2.41. The lowest BCUT2D eigenvalue weighted by molar-refractivity contribution is -0.146. The quantitative estimate of drug-likeness (QED) is 0.719. The third-order valence-electron chi connectivity index (χ3n) is 4.70. The van der Waals surface area contributed by atoms with Crippen LogP contribution in [0.3, 0.4) is 0 Å². The highest BCUT2D eigenvalue weighted by Gasteiger charge is 2.58. The minimum atomic E-state index is -1.04. The number of carbonyl (C=O) groups excluding carboxylic acids is 1. The summed E-state index contributed by atoms with van der Waals surface area (Å²) in [6.45, 7) is 0. The Balaban J connectivity index is 1.68. The topological polar surface area (TPSA) is 75.6 Å². The summed E-state index contributed by atoms with van der Waals surface area (Å²) in [5.74, 6) is -3.11. The maximum absolute atomic E-state index is 12.9. The normalized spacial score (nSPS) is 27.8. The molecular formula is C18H13Br2NO4. The van der Waals surface area contributed by atoms with E-state index in [2.05, 4.69) is 37.2 Å². The van der Waals surface area contributed by atoms with E-state index in [9.17, 15) is 14.7 Å². The fourth-order valence-corrected chi connectivity index (χ4v) is 4.78. The average Bonchev–Trinajstić information content (AvgIpc) is 3.12. The number of carboxylic acid groups (broad SMARTS) is 1. The number of halogens is 2. The number of amides is 1. The van der Waals surface area contributed by atoms with E-state index in [0.717, 1.165) is 10.8 Å². The number of carbonyl (C=O) groups is 2. The van der Waals surface area contributed by atoms with Gasteiger partial charge in [0.1, 0.15) is 18.1 Å². The van der Waals surface area contributed by atoms with E-state index < -0.39 is 30.0 Å². The van der Waals surface area contributed by atoms with Gasteiger partial charge in [0.15, 0.2) is 0 Å². The molecule has 1 fully saturated rings. The van der Waals surface area contributed by atoms with Crippen LogP contribution in [-0.4, -0.2) is 29.2 Å². The first kappa shape index (κ1) is 16.8. The van der Waals surface area contributed by atoms with Crippen LogP contribution in [0.2, 0.25) is 0 Å². The van der Waals surface area contributed by atoms with Crippen LogP contribution in [0.15, 0.2) is 51.4 Å². The van der Waals surface area contributed by atoms with Crippen LogP contribution in [0.4, 0.5) is 5.69 Å². The first-order valence-electron chi connectivity index (χ1n) is 7.71. The second kappa shape index (κ2) is 6.23. The lowest BCUT2D eigenvalue weighted by atomic mass is 9.82. The van der Waals surface area contributed by atoms with Crippen molar-refractivity contribution in [2.75, 3.05) is 5.32 Å². The third kappa shape index (κ3) is 2.61. The number of anilines is 1. The number of benzene rings is 2. The fraction of sp³-hybridized carbons (Fsp3) is 0.222. The molecule has 2 aliphatic rings. The molecule has 0 aromatic heterocycles. The van der Waals surface area contributed by atoms with E-state index in [1.54, 1.807) is 0 Å². The Bertz CT molecular complexity index is 921. The first-order valence-corrected chi connectivity index (χ1v) is 9.29. The number of nitrogens with one attached hydrogen (secondary N) is 1. The molecule has 4 atom stereocenters. The molecule has 7 heteroatoms. The molecule has 2 bridgehead atoms. The molecule has 1 saturated heterocycles. The van der Waals surface area contributed by atoms with Gasteiger partial charge < -0.3 is 15.2 Å². The molecule has 128 valence electrons. The van der Waals surface area contributed by atoms with Gasteiger partial charge in [-0.1, -0.05) is 68.3 Å². The molecule has 1 amide bonds. The van der Waals surface area contributed by atoms with Crippen molar-refractivity contribution in [3.63, 3.8) is 0 Å². The van der Waals surface area contributed by atoms with Crippen LogP contribution in [0.25, 0.3) is 10.8 Å². The molecule has 2 aromatic rings. The summed E-state index contributed by atoms with van der Waals surface area (Å²) in [5.41, 5.74) is 0.661. The molecule has 0 aliphatic carbocycles. The van der Waals surface area contributed by atoms with Crippen molar-refractivity contribution < 1.29 is 19.4 Å². The van der Waals surface area contributed by atoms with E-state index in [4.69, 9.17) is 4.74 Å². The van der Waals surface area contributed by atoms with Crippen LogP contribution >= 0.6 is 31.9 Å². The number of fused-ring (bicyclic) bond motifs is 3. The zero-order chi connectivity index (χ0) is 17.7. The summed E-state index contributed by atoms with van der Waals surface area (Å²) in [4.78, 5) is 24.6. The maximum Gasteiger partial charge on any atom is 0.310 e. The number of hydrogen-bond acceptors (Lipinski definition) is 3. The second-order valence-electron chi connectivity index (χ2n) is 6.08. The van der Waals surface area contributed by atoms with E-state index in [1.807, 2.05) is 42.5 Å². The second-order valence-corrected chi connectivity index (χ2v) is 7.79. The highest BCUT2D eigenvalue weighted by atomic mass is 79.9. The van der Waals surface area contributed by atoms with Gasteiger partial charge >= 0.3 is 5.97 Å². The average molecular weight is 467 g/mol. The van der Waals surface area contributed by atoms with Crippen molar-refractivity contribution in [1.29, 1.82) is 0 Å². The molecule has 0 saturated carbocycles. The standard InChI is InChI=1S/C18H13Br2NO4/c19-13-14(20)16-12(18(23)24)11(15(13)25-16)17(22)21-10-7-3-5-8-4-1-2-6-9(8)10/h1-7,11-12,15-16H,(H,21,22)(H,23,24)/t11-,12+,15+,16+/m0/s1. The lowest BCUT2D eigenvalue weighted by Gasteiger charge is -2.24. The Kier molecular flexibility index (Phi) is 4.17. The number of hydrogen-bond donors (Lipinski definition) is 2. The van der Waals surface area contributed by atoms with E-state index in [1.165, 1.54) is 0 Å². The molecular weight excluding hydrogens is 454 g/mol. The number of aliphatic carboxylic acids is 1. The van der Waals surface area contributed by atoms with Gasteiger partial charge in [-0.25, -0.2) is 0 Å². The van der Waals surface area contributed by atoms with Gasteiger partial charge in [-0.2, -0.15) is 0 Å². The Hall–Kier alpha value is -1.70. The number of ether oxygens (including phenoxy) is 1. The monoisotopic (exact) mass is 465 g/mol. The minimum absolute atomic E-state index is 0.354. The summed E-state index contributed by atoms with van der Waals surface area (Å²) in [6.07, 6.45) is -1.23. The van der Waals surface area contributed by atoms with Crippen molar-refractivity contribution in [2.45, 2.75) is 12.2 Å². The van der Waals surface area contributed by atoms with Crippen molar-refractivity contribution >= 4 is 60.2 Å². The number of rotatable bonds is 3. The highest BCUT2D eigenvalue weighted by molar-refractivity contribution is 9.14. The van der Waals surface area contributed by atoms with Crippen molar-refractivity contribution in [3.05, 3.63) is 51.4 Å². The Morgan fingerprint density at radius 1 is 0.960 bits per heavy atom. The summed E-state index contributed by atoms with van der Waals surface area (Å²) < 4.78 is 7.09. The molecule has 2 N–H and O–H groups in total. The van der Waals surface area contributed by atoms with Gasteiger partial charge in [0.2, 0.25) is 5.91 Å². The van der Waals surface area contributed by atoms with Crippen LogP contribution in [-0.2, 0) is 14.3 Å². The van der Waals surface area contributed by atoms with Gasteiger partial charge in [-0.15, -0.1) is 0 Å². The zero-order valence-electron chi connectivity index (χ0n) is 12.8. The fourth-order valence-electron chi connectivity index (χ4n) is 3.54. The van der Waals surface area contributed by atoms with Crippen molar-refractivity contribution in [3.8, 4) is 0 Å². The van der Waals surface area contributed by atoms with Gasteiger partial charge in [0.25, 0.3) is 0 Å². The molecule has 0 unspecified atom stereocenters. The zero-order valence-corrected chi connectivity index (χ0v) is 16.0. The molecule has 0 radical (unpaired) electrons. The van der Waals surface area contributed by atoms with Crippen LogP contribution < -0.4 is 5.32 Å². The predicted molar refractivity (Wildman–Crippen MR) is 101 cm³/mol. The van der Waals surface area contributed by atoms with Crippen molar-refractivity contribution in [2.24, 2.45) is 11.8 Å². The predicted octanol–water partition coefficient (Wildman–Crippen LogP) is 3.88. The summed E-state index contributed by atoms with van der Waals surface area (Å²) in [7, 11) is 0. The Morgan fingerprint density at radius 3 is 2.32 bits per heavy atom. The third-order valence-corrected chi connectivity index (χ3v) is 6.98. The van der Waals surface area contributed by atoms with Crippen molar-refractivity contribution in [1.82, 2.24) is 0 Å². The molecule has 2 aliphatic heterocycles. The molecule has 4 rings (SSSR count). The molecule has 0 spiro atoms. The minimum Gasteiger partial charge on any atom is -0.481 e. The molecule has 25 heavy (non-hydrogen) atoms. The summed E-state index contributed by atoms with van der Waals surface area (Å²) in [6, 6.07) is 13.3. The molecule has 2 heterocycles. The SMILES string of the molecule is O=C(O)[C@@H]1[C@H](C(=O)Nc2cccc3ccccc23)[C@H]2O[C@H]1C(Br)=C2Br. The van der Waals surface area contributed by atoms with Gasteiger partial charge in [0, 0.05) is 20.0 Å². The van der Waals surface area contributed by atoms with Gasteiger partial charge in [-0.05, 0) is 11.5 Å². The Labute approximate surface area is 160 Å². The van der Waals surface area contributed by atoms with E-state index in [0.29, 0.717) is 14.7 Å². The maximum atomic E-state index is 12.9. The summed E-state index contributed by atoms with van der Waals surface area (Å²) in [5, 5.41) is 14.4. The summed E-state index contributed by atoms with van der Waals surface area (Å²) >= 11 is 6.76. The van der Waals surface area contributed by atoms with Crippen LogP contribution in [0, 0.1) is 11.8 Å². The number of carboxylic acids is 1. The van der Waals surface area contributed by atoms with Crippen LogP contribution in [0.5, 0.6) is 0 Å². The largest absolute Gasteiger partial charge is 0.481 e. The van der Waals surface area contributed by atoms with E-state index >= 15 is 0 Å². The molecule has 2 aromatic carbocycles. The highest BCUT2D eigenvalue weighted by Crippen LogP contribution is 2.51. The van der Waals surface area contributed by atoms with E-state index in [-0.39, 0.29) is 5.91 Å². The van der Waals surface area contributed by atoms with Crippen LogP contribution in [0.1, 0.15) is 0 Å².